The van der Waals surface area contributed by atoms with Crippen molar-refractivity contribution in [1.82, 2.24) is 20.3 Å². The summed E-state index contributed by atoms with van der Waals surface area (Å²) in [4.78, 5) is 17.0. The molecule has 1 saturated heterocycles. The Morgan fingerprint density at radius 3 is 2.55 bits per heavy atom. The van der Waals surface area contributed by atoms with Crippen LogP contribution in [0.15, 0.2) is 48.8 Å². The van der Waals surface area contributed by atoms with Crippen molar-refractivity contribution in [3.8, 4) is 5.75 Å². The Kier molecular flexibility index (Phi) is 5.95. The number of pyridine rings is 1. The number of aromatic amines is 1. The molecule has 2 aromatic heterocycles. The SMILES string of the molecule is COc1ccccc1N1CCN(c2ncccc2CNCc2cnc(C)[nH]2)CC1. The first kappa shape index (κ1) is 19.3. The van der Waals surface area contributed by atoms with Crippen LogP contribution >= 0.6 is 0 Å². The smallest absolute Gasteiger partial charge is 0.142 e. The maximum Gasteiger partial charge on any atom is 0.142 e. The highest BCUT2D eigenvalue weighted by Crippen LogP contribution is 2.29. The molecule has 29 heavy (non-hydrogen) atoms. The summed E-state index contributed by atoms with van der Waals surface area (Å²) in [6.45, 7) is 7.25. The van der Waals surface area contributed by atoms with Crippen LogP contribution in [0.25, 0.3) is 0 Å². The van der Waals surface area contributed by atoms with Gasteiger partial charge in [0.2, 0.25) is 0 Å². The van der Waals surface area contributed by atoms with Crippen molar-refractivity contribution in [3.63, 3.8) is 0 Å². The fourth-order valence-electron chi connectivity index (χ4n) is 3.80. The fourth-order valence-corrected chi connectivity index (χ4v) is 3.80. The first-order valence-electron chi connectivity index (χ1n) is 10.0. The number of aromatic nitrogens is 3. The first-order valence-corrected chi connectivity index (χ1v) is 10.0. The zero-order valence-electron chi connectivity index (χ0n) is 17.1. The monoisotopic (exact) mass is 392 g/mol. The molecule has 2 N–H and O–H groups in total. The maximum absolute atomic E-state index is 5.53. The molecule has 1 fully saturated rings. The Balaban J connectivity index is 1.38. The number of ether oxygens (including phenoxy) is 1. The zero-order valence-corrected chi connectivity index (χ0v) is 17.1. The van der Waals surface area contributed by atoms with E-state index in [-0.39, 0.29) is 0 Å². The van der Waals surface area contributed by atoms with Crippen LogP contribution in [0.4, 0.5) is 11.5 Å². The minimum absolute atomic E-state index is 0.761. The highest BCUT2D eigenvalue weighted by Gasteiger charge is 2.21. The summed E-state index contributed by atoms with van der Waals surface area (Å²) in [7, 11) is 1.73. The number of hydrogen-bond donors (Lipinski definition) is 2. The highest BCUT2D eigenvalue weighted by molar-refractivity contribution is 5.60. The van der Waals surface area contributed by atoms with Gasteiger partial charge in [0.05, 0.1) is 12.8 Å². The predicted molar refractivity (Wildman–Crippen MR) is 116 cm³/mol. The number of anilines is 2. The number of para-hydroxylation sites is 2. The van der Waals surface area contributed by atoms with Crippen LogP contribution in [0, 0.1) is 6.92 Å². The summed E-state index contributed by atoms with van der Waals surface area (Å²) >= 11 is 0. The molecule has 3 aromatic rings. The molecule has 1 aliphatic rings. The summed E-state index contributed by atoms with van der Waals surface area (Å²) in [5.41, 5.74) is 3.47. The number of methoxy groups -OCH3 is 1. The second-order valence-corrected chi connectivity index (χ2v) is 7.23. The van der Waals surface area contributed by atoms with E-state index in [1.54, 1.807) is 7.11 Å². The molecule has 0 spiro atoms. The standard InChI is InChI=1S/C22H28N6O/c1-17-25-16-19(26-17)15-23-14-18-6-5-9-24-22(18)28-12-10-27(11-13-28)20-7-3-4-8-21(20)29-2/h3-9,16,23H,10-15H2,1-2H3,(H,25,26). The lowest BCUT2D eigenvalue weighted by Gasteiger charge is -2.37. The van der Waals surface area contributed by atoms with Gasteiger partial charge in [-0.1, -0.05) is 18.2 Å². The van der Waals surface area contributed by atoms with Gasteiger partial charge in [-0.25, -0.2) is 9.97 Å². The fraction of sp³-hybridized carbons (Fsp3) is 0.364. The van der Waals surface area contributed by atoms with E-state index in [2.05, 4.69) is 48.3 Å². The topological polar surface area (TPSA) is 69.3 Å². The summed E-state index contributed by atoms with van der Waals surface area (Å²) in [5, 5.41) is 3.50. The minimum Gasteiger partial charge on any atom is -0.495 e. The number of nitrogens with zero attached hydrogens (tertiary/aromatic N) is 4. The second kappa shape index (κ2) is 8.96. The van der Waals surface area contributed by atoms with Crippen LogP contribution in [-0.4, -0.2) is 48.2 Å². The number of piperazine rings is 1. The van der Waals surface area contributed by atoms with Crippen molar-refractivity contribution < 1.29 is 4.74 Å². The van der Waals surface area contributed by atoms with E-state index in [1.165, 1.54) is 5.56 Å². The van der Waals surface area contributed by atoms with E-state index in [1.807, 2.05) is 37.5 Å². The van der Waals surface area contributed by atoms with Crippen LogP contribution in [0.3, 0.4) is 0 Å². The van der Waals surface area contributed by atoms with E-state index >= 15 is 0 Å². The molecule has 0 atom stereocenters. The lowest BCUT2D eigenvalue weighted by Crippen LogP contribution is -2.47. The number of aryl methyl sites for hydroxylation is 1. The van der Waals surface area contributed by atoms with Gasteiger partial charge in [0.25, 0.3) is 0 Å². The predicted octanol–water partition coefficient (Wildman–Crippen LogP) is 2.74. The van der Waals surface area contributed by atoms with Gasteiger partial charge in [0, 0.05) is 62.9 Å². The largest absolute Gasteiger partial charge is 0.495 e. The van der Waals surface area contributed by atoms with Gasteiger partial charge >= 0.3 is 0 Å². The first-order chi connectivity index (χ1) is 14.2. The van der Waals surface area contributed by atoms with Gasteiger partial charge in [0.1, 0.15) is 17.4 Å². The molecule has 0 amide bonds. The zero-order chi connectivity index (χ0) is 20.1. The molecule has 3 heterocycles. The van der Waals surface area contributed by atoms with Crippen molar-refractivity contribution in [2.75, 3.05) is 43.1 Å². The minimum atomic E-state index is 0.761. The number of nitrogens with one attached hydrogen (secondary N) is 2. The molecular formula is C22H28N6O. The summed E-state index contributed by atoms with van der Waals surface area (Å²) in [6, 6.07) is 12.4. The van der Waals surface area contributed by atoms with E-state index < -0.39 is 0 Å². The Labute approximate surface area is 171 Å². The number of imidazole rings is 1. The van der Waals surface area contributed by atoms with E-state index in [4.69, 9.17) is 4.74 Å². The average Bonchev–Trinajstić information content (AvgIpc) is 3.19. The number of benzene rings is 1. The van der Waals surface area contributed by atoms with Gasteiger partial charge in [-0.05, 0) is 25.1 Å². The highest BCUT2D eigenvalue weighted by atomic mass is 16.5. The molecule has 7 nitrogen and oxygen atoms in total. The summed E-state index contributed by atoms with van der Waals surface area (Å²) < 4.78 is 5.53. The van der Waals surface area contributed by atoms with Gasteiger partial charge in [-0.3, -0.25) is 0 Å². The molecule has 1 aromatic carbocycles. The Hall–Kier alpha value is -3.06. The summed E-state index contributed by atoms with van der Waals surface area (Å²) in [5.74, 6) is 2.94. The molecule has 0 aliphatic carbocycles. The van der Waals surface area contributed by atoms with Gasteiger partial charge in [-0.15, -0.1) is 0 Å². The second-order valence-electron chi connectivity index (χ2n) is 7.23. The summed E-state index contributed by atoms with van der Waals surface area (Å²) in [6.07, 6.45) is 3.76. The lowest BCUT2D eigenvalue weighted by atomic mass is 10.2. The van der Waals surface area contributed by atoms with Crippen molar-refractivity contribution in [3.05, 3.63) is 65.9 Å². The third-order valence-corrected chi connectivity index (χ3v) is 5.26. The van der Waals surface area contributed by atoms with Crippen LogP contribution in [-0.2, 0) is 13.1 Å². The number of rotatable bonds is 7. The van der Waals surface area contributed by atoms with Crippen LogP contribution in [0.5, 0.6) is 5.75 Å². The average molecular weight is 393 g/mol. The third kappa shape index (κ3) is 4.51. The van der Waals surface area contributed by atoms with Crippen molar-refractivity contribution in [2.45, 2.75) is 20.0 Å². The van der Waals surface area contributed by atoms with Gasteiger partial charge < -0.3 is 24.8 Å². The Morgan fingerprint density at radius 1 is 1.00 bits per heavy atom. The maximum atomic E-state index is 5.53. The molecule has 1 aliphatic heterocycles. The van der Waals surface area contributed by atoms with Crippen LogP contribution < -0.4 is 19.9 Å². The van der Waals surface area contributed by atoms with Gasteiger partial charge in [-0.2, -0.15) is 0 Å². The Morgan fingerprint density at radius 2 is 1.79 bits per heavy atom. The van der Waals surface area contributed by atoms with E-state index in [9.17, 15) is 0 Å². The third-order valence-electron chi connectivity index (χ3n) is 5.26. The van der Waals surface area contributed by atoms with E-state index in [0.29, 0.717) is 0 Å². The van der Waals surface area contributed by atoms with E-state index in [0.717, 1.165) is 68.0 Å². The lowest BCUT2D eigenvalue weighted by molar-refractivity contribution is 0.413. The van der Waals surface area contributed by atoms with Crippen LogP contribution in [0.1, 0.15) is 17.1 Å². The molecular weight excluding hydrogens is 364 g/mol. The molecule has 4 rings (SSSR count). The molecule has 0 unspecified atom stereocenters. The molecule has 7 heteroatoms. The normalized spacial score (nSPS) is 14.3. The number of H-pyrrole nitrogens is 1. The van der Waals surface area contributed by atoms with Crippen molar-refractivity contribution in [2.24, 2.45) is 0 Å². The van der Waals surface area contributed by atoms with Gasteiger partial charge in [0.15, 0.2) is 0 Å². The van der Waals surface area contributed by atoms with Crippen LogP contribution in [0.2, 0.25) is 0 Å². The molecule has 0 saturated carbocycles. The quantitative estimate of drug-likeness (QED) is 0.644. The Bertz CT molecular complexity index is 932. The molecule has 152 valence electrons. The number of hydrogen-bond acceptors (Lipinski definition) is 6. The molecule has 0 radical (unpaired) electrons. The van der Waals surface area contributed by atoms with Crippen molar-refractivity contribution in [1.29, 1.82) is 0 Å². The molecule has 0 bridgehead atoms. The van der Waals surface area contributed by atoms with Crippen molar-refractivity contribution >= 4 is 11.5 Å².